The van der Waals surface area contributed by atoms with Crippen molar-refractivity contribution in [2.45, 2.75) is 25.2 Å². The molecular weight excluding hydrogens is 226 g/mol. The van der Waals surface area contributed by atoms with Crippen molar-refractivity contribution in [1.29, 1.82) is 0 Å². The van der Waals surface area contributed by atoms with E-state index in [-0.39, 0.29) is 0 Å². The molecule has 3 rings (SSSR count). The van der Waals surface area contributed by atoms with Crippen LogP contribution in [0, 0.1) is 0 Å². The summed E-state index contributed by atoms with van der Waals surface area (Å²) < 4.78 is 5.70. The minimum atomic E-state index is 0.316. The highest BCUT2D eigenvalue weighted by atomic mass is 35.5. The average molecular weight is 236 g/mol. The van der Waals surface area contributed by atoms with Crippen LogP contribution in [0.1, 0.15) is 30.2 Å². The van der Waals surface area contributed by atoms with E-state index in [1.807, 2.05) is 0 Å². The van der Waals surface area contributed by atoms with Crippen molar-refractivity contribution in [3.63, 3.8) is 0 Å². The van der Waals surface area contributed by atoms with Crippen molar-refractivity contribution < 1.29 is 9.21 Å². The van der Waals surface area contributed by atoms with Gasteiger partial charge in [0.1, 0.15) is 11.8 Å². The van der Waals surface area contributed by atoms with Gasteiger partial charge < -0.3 is 9.21 Å². The van der Waals surface area contributed by atoms with Gasteiger partial charge in [-0.2, -0.15) is 0 Å². The quantitative estimate of drug-likeness (QED) is 0.768. The van der Waals surface area contributed by atoms with Gasteiger partial charge in [-0.3, -0.25) is 0 Å². The summed E-state index contributed by atoms with van der Waals surface area (Å²) in [6.45, 7) is 0. The van der Waals surface area contributed by atoms with Crippen LogP contribution in [0.3, 0.4) is 0 Å². The number of halogens is 1. The predicted octanol–water partition coefficient (Wildman–Crippen LogP) is 3.10. The predicted molar refractivity (Wildman–Crippen MR) is 60.8 cm³/mol. The van der Waals surface area contributed by atoms with E-state index in [0.29, 0.717) is 22.9 Å². The SMILES string of the molecule is O=CCc1cc(Cl)cc2nc(C3CC3)oc12. The Morgan fingerprint density at radius 2 is 2.31 bits per heavy atom. The maximum Gasteiger partial charge on any atom is 0.198 e. The first-order chi connectivity index (χ1) is 7.78. The molecule has 0 saturated heterocycles. The highest BCUT2D eigenvalue weighted by Gasteiger charge is 2.29. The molecular formula is C12H10ClNO2. The molecule has 0 amide bonds. The van der Waals surface area contributed by atoms with Gasteiger partial charge in [0.15, 0.2) is 11.5 Å². The molecule has 1 saturated carbocycles. The summed E-state index contributed by atoms with van der Waals surface area (Å²) in [5.41, 5.74) is 2.28. The standard InChI is InChI=1S/C12H10ClNO2/c13-9-5-8(3-4-15)11-10(6-9)14-12(16-11)7-1-2-7/h4-7H,1-3H2. The summed E-state index contributed by atoms with van der Waals surface area (Å²) in [5, 5.41) is 0.597. The van der Waals surface area contributed by atoms with Gasteiger partial charge in [0, 0.05) is 22.9 Å². The van der Waals surface area contributed by atoms with Crippen molar-refractivity contribution in [3.8, 4) is 0 Å². The molecule has 1 aromatic carbocycles. The fraction of sp³-hybridized carbons (Fsp3) is 0.333. The van der Waals surface area contributed by atoms with Crippen LogP contribution in [0.4, 0.5) is 0 Å². The highest BCUT2D eigenvalue weighted by Crippen LogP contribution is 2.41. The zero-order valence-electron chi connectivity index (χ0n) is 8.57. The van der Waals surface area contributed by atoms with Gasteiger partial charge in [0.25, 0.3) is 0 Å². The largest absolute Gasteiger partial charge is 0.440 e. The topological polar surface area (TPSA) is 43.1 Å². The van der Waals surface area contributed by atoms with Crippen LogP contribution in [-0.2, 0) is 11.2 Å². The molecule has 1 aliphatic carbocycles. The fourth-order valence-corrected chi connectivity index (χ4v) is 2.06. The number of aldehydes is 1. The summed E-state index contributed by atoms with van der Waals surface area (Å²) in [6, 6.07) is 3.54. The second kappa shape index (κ2) is 3.59. The van der Waals surface area contributed by atoms with E-state index in [2.05, 4.69) is 4.98 Å². The molecule has 0 aliphatic heterocycles. The lowest BCUT2D eigenvalue weighted by atomic mass is 10.1. The number of nitrogens with zero attached hydrogens (tertiary/aromatic N) is 1. The number of benzene rings is 1. The summed E-state index contributed by atoms with van der Waals surface area (Å²) in [4.78, 5) is 15.0. The Hall–Kier alpha value is -1.35. The normalized spacial score (nSPS) is 15.6. The van der Waals surface area contributed by atoms with Gasteiger partial charge in [-0.15, -0.1) is 0 Å². The van der Waals surface area contributed by atoms with E-state index in [1.165, 1.54) is 0 Å². The summed E-state index contributed by atoms with van der Waals surface area (Å²) >= 11 is 5.97. The Labute approximate surface area is 97.4 Å². The molecule has 4 heteroatoms. The first kappa shape index (κ1) is 9.85. The molecule has 0 unspecified atom stereocenters. The molecule has 0 bridgehead atoms. The number of oxazole rings is 1. The van der Waals surface area contributed by atoms with Gasteiger partial charge in [-0.05, 0) is 25.0 Å². The molecule has 0 radical (unpaired) electrons. The smallest absolute Gasteiger partial charge is 0.198 e. The number of carbonyl (C=O) groups excluding carboxylic acids is 1. The molecule has 1 fully saturated rings. The lowest BCUT2D eigenvalue weighted by molar-refractivity contribution is -0.107. The molecule has 3 nitrogen and oxygen atoms in total. The molecule has 0 spiro atoms. The van der Waals surface area contributed by atoms with E-state index in [9.17, 15) is 4.79 Å². The number of hydrogen-bond donors (Lipinski definition) is 0. The van der Waals surface area contributed by atoms with E-state index in [1.54, 1.807) is 12.1 Å². The second-order valence-corrected chi connectivity index (χ2v) is 4.55. The second-order valence-electron chi connectivity index (χ2n) is 4.11. The molecule has 1 aromatic heterocycles. The number of carbonyl (C=O) groups is 1. The molecule has 16 heavy (non-hydrogen) atoms. The maximum atomic E-state index is 10.6. The Bertz CT molecular complexity index is 557. The van der Waals surface area contributed by atoms with Crippen molar-refractivity contribution >= 4 is 29.0 Å². The Kier molecular flexibility index (Phi) is 2.21. The first-order valence-electron chi connectivity index (χ1n) is 5.30. The number of fused-ring (bicyclic) bond motifs is 1. The Morgan fingerprint density at radius 1 is 1.50 bits per heavy atom. The number of aromatic nitrogens is 1. The minimum absolute atomic E-state index is 0.316. The van der Waals surface area contributed by atoms with Crippen LogP contribution >= 0.6 is 11.6 Å². The summed E-state index contributed by atoms with van der Waals surface area (Å²) in [5.74, 6) is 1.25. The molecule has 82 valence electrons. The lowest BCUT2D eigenvalue weighted by Gasteiger charge is -1.96. The van der Waals surface area contributed by atoms with Crippen LogP contribution in [-0.4, -0.2) is 11.3 Å². The van der Waals surface area contributed by atoms with Crippen molar-refractivity contribution in [2.24, 2.45) is 0 Å². The average Bonchev–Trinajstić information content (AvgIpc) is 3.00. The third kappa shape index (κ3) is 1.61. The van der Waals surface area contributed by atoms with E-state index < -0.39 is 0 Å². The van der Waals surface area contributed by atoms with Crippen molar-refractivity contribution in [3.05, 3.63) is 28.6 Å². The Balaban J connectivity index is 2.18. The van der Waals surface area contributed by atoms with E-state index >= 15 is 0 Å². The number of hydrogen-bond acceptors (Lipinski definition) is 3. The highest BCUT2D eigenvalue weighted by molar-refractivity contribution is 6.31. The molecule has 1 heterocycles. The van der Waals surface area contributed by atoms with Gasteiger partial charge in [-0.1, -0.05) is 11.6 Å². The third-order valence-electron chi connectivity index (χ3n) is 2.78. The van der Waals surface area contributed by atoms with Crippen LogP contribution in [0.25, 0.3) is 11.1 Å². The van der Waals surface area contributed by atoms with Crippen LogP contribution in [0.5, 0.6) is 0 Å². The summed E-state index contributed by atoms with van der Waals surface area (Å²) in [7, 11) is 0. The minimum Gasteiger partial charge on any atom is -0.440 e. The molecule has 1 aliphatic rings. The lowest BCUT2D eigenvalue weighted by Crippen LogP contribution is -1.86. The van der Waals surface area contributed by atoms with Crippen LogP contribution in [0.15, 0.2) is 16.5 Å². The maximum absolute atomic E-state index is 10.6. The van der Waals surface area contributed by atoms with Gasteiger partial charge in [0.05, 0.1) is 0 Å². The van der Waals surface area contributed by atoms with Crippen LogP contribution in [0.2, 0.25) is 5.02 Å². The fourth-order valence-electron chi connectivity index (χ4n) is 1.83. The first-order valence-corrected chi connectivity index (χ1v) is 5.68. The monoisotopic (exact) mass is 235 g/mol. The van der Waals surface area contributed by atoms with E-state index in [4.69, 9.17) is 16.0 Å². The van der Waals surface area contributed by atoms with Crippen molar-refractivity contribution in [1.82, 2.24) is 4.98 Å². The van der Waals surface area contributed by atoms with Gasteiger partial charge in [0.2, 0.25) is 0 Å². The third-order valence-corrected chi connectivity index (χ3v) is 3.00. The van der Waals surface area contributed by atoms with Gasteiger partial charge in [-0.25, -0.2) is 4.98 Å². The van der Waals surface area contributed by atoms with Crippen molar-refractivity contribution in [2.75, 3.05) is 0 Å². The zero-order valence-corrected chi connectivity index (χ0v) is 9.33. The summed E-state index contributed by atoms with van der Waals surface area (Å²) in [6.07, 6.45) is 3.45. The zero-order chi connectivity index (χ0) is 11.1. The van der Waals surface area contributed by atoms with E-state index in [0.717, 1.165) is 36.1 Å². The van der Waals surface area contributed by atoms with Gasteiger partial charge >= 0.3 is 0 Å². The molecule has 0 atom stereocenters. The van der Waals surface area contributed by atoms with Crippen LogP contribution < -0.4 is 0 Å². The Morgan fingerprint density at radius 3 is 3.00 bits per heavy atom. The molecule has 0 N–H and O–H groups in total. The molecule has 2 aromatic rings. The number of rotatable bonds is 3.